The van der Waals surface area contributed by atoms with Gasteiger partial charge in [-0.25, -0.2) is 0 Å². The molecule has 8 heteroatoms. The molecule has 0 spiro atoms. The van der Waals surface area contributed by atoms with Crippen LogP contribution in [0.4, 0.5) is 0 Å². The molecule has 2 aromatic heterocycles. The lowest BCUT2D eigenvalue weighted by atomic mass is 10.1. The van der Waals surface area contributed by atoms with Gasteiger partial charge in [0.25, 0.3) is 0 Å². The minimum absolute atomic E-state index is 0.0440. The van der Waals surface area contributed by atoms with Gasteiger partial charge < -0.3 is 14.8 Å². The van der Waals surface area contributed by atoms with Gasteiger partial charge in [0.1, 0.15) is 0 Å². The number of nitrogens with zero attached hydrogens (tertiary/aromatic N) is 3. The summed E-state index contributed by atoms with van der Waals surface area (Å²) < 4.78 is 12.6. The topological polar surface area (TPSA) is 77.8 Å². The maximum absolute atomic E-state index is 12.3. The Morgan fingerprint density at radius 2 is 1.87 bits per heavy atom. The van der Waals surface area contributed by atoms with Crippen LogP contribution in [0.25, 0.3) is 16.6 Å². The summed E-state index contributed by atoms with van der Waals surface area (Å²) in [6.45, 7) is 0.540. The van der Waals surface area contributed by atoms with E-state index in [4.69, 9.17) is 9.47 Å². The number of nitrogens with one attached hydrogen (secondary N) is 1. The third-order valence-corrected chi connectivity index (χ3v) is 5.69. The first kappa shape index (κ1) is 20.0. The van der Waals surface area contributed by atoms with Crippen LogP contribution in [-0.4, -0.2) is 47.0 Å². The zero-order valence-corrected chi connectivity index (χ0v) is 17.6. The summed E-state index contributed by atoms with van der Waals surface area (Å²) in [5.74, 6) is 1.60. The van der Waals surface area contributed by atoms with Gasteiger partial charge in [0.2, 0.25) is 5.91 Å². The van der Waals surface area contributed by atoms with E-state index in [-0.39, 0.29) is 11.7 Å². The van der Waals surface area contributed by atoms with Crippen molar-refractivity contribution >= 4 is 34.2 Å². The highest BCUT2D eigenvalue weighted by atomic mass is 32.2. The fourth-order valence-corrected chi connectivity index (χ4v) is 4.05. The Bertz CT molecular complexity index is 1190. The number of para-hydroxylation sites is 1. The second-order valence-electron chi connectivity index (χ2n) is 6.65. The van der Waals surface area contributed by atoms with Crippen molar-refractivity contribution in [2.24, 2.45) is 0 Å². The molecule has 154 valence electrons. The molecule has 0 aliphatic rings. The smallest absolute Gasteiger partial charge is 0.230 e. The molecule has 0 aliphatic carbocycles. The van der Waals surface area contributed by atoms with Crippen LogP contribution in [-0.2, 0) is 11.2 Å². The first-order valence-electron chi connectivity index (χ1n) is 9.53. The summed E-state index contributed by atoms with van der Waals surface area (Å²) in [5.41, 5.74) is 2.86. The first-order valence-corrected chi connectivity index (χ1v) is 10.5. The molecule has 0 aliphatic heterocycles. The van der Waals surface area contributed by atoms with Crippen molar-refractivity contribution in [1.29, 1.82) is 0 Å². The molecular weight excluding hydrogens is 400 g/mol. The number of amides is 1. The van der Waals surface area contributed by atoms with E-state index < -0.39 is 0 Å². The second kappa shape index (κ2) is 9.04. The molecule has 0 saturated heterocycles. The SMILES string of the molecule is COc1ccc(CCNC(=O)CSc2nnc3ccc4ccccc4n23)cc1OC. The average molecular weight is 423 g/mol. The summed E-state index contributed by atoms with van der Waals surface area (Å²) in [7, 11) is 3.22. The number of rotatable bonds is 8. The molecule has 0 atom stereocenters. The monoisotopic (exact) mass is 422 g/mol. The molecule has 2 heterocycles. The minimum Gasteiger partial charge on any atom is -0.493 e. The molecule has 0 fully saturated rings. The van der Waals surface area contributed by atoms with Crippen molar-refractivity contribution in [3.05, 3.63) is 60.2 Å². The van der Waals surface area contributed by atoms with Crippen LogP contribution in [0.2, 0.25) is 0 Å². The lowest BCUT2D eigenvalue weighted by Crippen LogP contribution is -2.27. The first-order chi connectivity index (χ1) is 14.7. The van der Waals surface area contributed by atoms with Crippen LogP contribution in [0.3, 0.4) is 0 Å². The maximum atomic E-state index is 12.3. The number of carbonyl (C=O) groups is 1. The number of methoxy groups -OCH3 is 2. The molecule has 0 radical (unpaired) electrons. The maximum Gasteiger partial charge on any atom is 0.230 e. The van der Waals surface area contributed by atoms with Crippen molar-refractivity contribution in [3.63, 3.8) is 0 Å². The van der Waals surface area contributed by atoms with Crippen molar-refractivity contribution in [2.75, 3.05) is 26.5 Å². The van der Waals surface area contributed by atoms with Crippen molar-refractivity contribution in [3.8, 4) is 11.5 Å². The third-order valence-electron chi connectivity index (χ3n) is 4.76. The number of aromatic nitrogens is 3. The number of pyridine rings is 1. The Morgan fingerprint density at radius 3 is 2.70 bits per heavy atom. The number of hydrogen-bond acceptors (Lipinski definition) is 6. The number of hydrogen-bond donors (Lipinski definition) is 1. The summed E-state index contributed by atoms with van der Waals surface area (Å²) in [5, 5.41) is 13.2. The predicted molar refractivity (Wildman–Crippen MR) is 117 cm³/mol. The number of ether oxygens (including phenoxy) is 2. The normalized spacial score (nSPS) is 11.0. The van der Waals surface area contributed by atoms with E-state index in [9.17, 15) is 4.79 Å². The third kappa shape index (κ3) is 4.18. The van der Waals surface area contributed by atoms with E-state index in [2.05, 4.69) is 15.5 Å². The van der Waals surface area contributed by atoms with Crippen LogP contribution in [0.5, 0.6) is 11.5 Å². The van der Waals surface area contributed by atoms with E-state index >= 15 is 0 Å². The largest absolute Gasteiger partial charge is 0.493 e. The van der Waals surface area contributed by atoms with E-state index in [1.165, 1.54) is 11.8 Å². The molecule has 7 nitrogen and oxygen atoms in total. The molecule has 1 N–H and O–H groups in total. The Labute approximate surface area is 178 Å². The minimum atomic E-state index is -0.0440. The van der Waals surface area contributed by atoms with Crippen LogP contribution in [0.1, 0.15) is 5.56 Å². The highest BCUT2D eigenvalue weighted by Crippen LogP contribution is 2.27. The fraction of sp³-hybridized carbons (Fsp3) is 0.227. The molecule has 0 bridgehead atoms. The second-order valence-corrected chi connectivity index (χ2v) is 7.59. The summed E-state index contributed by atoms with van der Waals surface area (Å²) in [4.78, 5) is 12.3. The number of thioether (sulfide) groups is 1. The summed E-state index contributed by atoms with van der Waals surface area (Å²) in [6.07, 6.45) is 0.704. The average Bonchev–Trinajstić information content (AvgIpc) is 3.21. The van der Waals surface area contributed by atoms with Gasteiger partial charge in [-0.3, -0.25) is 9.20 Å². The molecule has 1 amide bonds. The highest BCUT2D eigenvalue weighted by Gasteiger charge is 2.12. The lowest BCUT2D eigenvalue weighted by Gasteiger charge is -2.10. The summed E-state index contributed by atoms with van der Waals surface area (Å²) >= 11 is 1.38. The van der Waals surface area contributed by atoms with Gasteiger partial charge in [-0.05, 0) is 47.7 Å². The van der Waals surface area contributed by atoms with Crippen LogP contribution < -0.4 is 14.8 Å². The van der Waals surface area contributed by atoms with Gasteiger partial charge >= 0.3 is 0 Å². The fourth-order valence-electron chi connectivity index (χ4n) is 3.27. The van der Waals surface area contributed by atoms with E-state index in [1.807, 2.05) is 59.0 Å². The highest BCUT2D eigenvalue weighted by molar-refractivity contribution is 7.99. The Morgan fingerprint density at radius 1 is 1.03 bits per heavy atom. The zero-order valence-electron chi connectivity index (χ0n) is 16.8. The van der Waals surface area contributed by atoms with Crippen molar-refractivity contribution in [2.45, 2.75) is 11.6 Å². The molecule has 0 saturated carbocycles. The van der Waals surface area contributed by atoms with Crippen LogP contribution >= 0.6 is 11.8 Å². The van der Waals surface area contributed by atoms with Gasteiger partial charge in [0.15, 0.2) is 22.3 Å². The standard InChI is InChI=1S/C22H22N4O3S/c1-28-18-9-7-15(13-19(18)29-2)11-12-23-21(27)14-30-22-25-24-20-10-8-16-5-3-4-6-17(16)26(20)22/h3-10,13H,11-12,14H2,1-2H3,(H,23,27). The van der Waals surface area contributed by atoms with Gasteiger partial charge in [0.05, 0.1) is 25.5 Å². The number of fused-ring (bicyclic) bond motifs is 3. The van der Waals surface area contributed by atoms with Gasteiger partial charge in [0, 0.05) is 6.54 Å². The molecule has 4 rings (SSSR count). The van der Waals surface area contributed by atoms with E-state index in [1.54, 1.807) is 14.2 Å². The molecule has 2 aromatic carbocycles. The summed E-state index contributed by atoms with van der Waals surface area (Å²) in [6, 6.07) is 17.8. The Hall–Kier alpha value is -3.26. The number of benzene rings is 2. The van der Waals surface area contributed by atoms with Gasteiger partial charge in [-0.15, -0.1) is 10.2 Å². The van der Waals surface area contributed by atoms with Crippen LogP contribution in [0, 0.1) is 0 Å². The van der Waals surface area contributed by atoms with Crippen LogP contribution in [0.15, 0.2) is 59.8 Å². The Kier molecular flexibility index (Phi) is 6.04. The van der Waals surface area contributed by atoms with E-state index in [0.29, 0.717) is 29.6 Å². The Balaban J connectivity index is 1.35. The quantitative estimate of drug-likeness (QED) is 0.439. The van der Waals surface area contributed by atoms with E-state index in [0.717, 1.165) is 22.1 Å². The molecule has 30 heavy (non-hydrogen) atoms. The number of carbonyl (C=O) groups excluding carboxylic acids is 1. The van der Waals surface area contributed by atoms with Gasteiger partial charge in [-0.1, -0.05) is 36.0 Å². The molecule has 0 unspecified atom stereocenters. The van der Waals surface area contributed by atoms with Crippen molar-refractivity contribution < 1.29 is 14.3 Å². The predicted octanol–water partition coefficient (Wildman–Crippen LogP) is 3.35. The lowest BCUT2D eigenvalue weighted by molar-refractivity contribution is -0.118. The zero-order chi connectivity index (χ0) is 20.9. The van der Waals surface area contributed by atoms with Gasteiger partial charge in [-0.2, -0.15) is 0 Å². The molecular formula is C22H22N4O3S. The molecule has 4 aromatic rings. The van der Waals surface area contributed by atoms with Crippen molar-refractivity contribution in [1.82, 2.24) is 19.9 Å².